The Morgan fingerprint density at radius 1 is 1.43 bits per heavy atom. The van der Waals surface area contributed by atoms with Gasteiger partial charge in [0.15, 0.2) is 0 Å². The van der Waals surface area contributed by atoms with E-state index in [4.69, 9.17) is 0 Å². The first-order chi connectivity index (χ1) is 2.91. The number of hydrogen-bond acceptors (Lipinski definition) is 2. The van der Waals surface area contributed by atoms with Crippen LogP contribution in [-0.2, 0) is 8.57 Å². The molecule has 0 aliphatic carbocycles. The van der Waals surface area contributed by atoms with Crippen molar-refractivity contribution in [1.29, 1.82) is 0 Å². The molecule has 0 aliphatic rings. The lowest BCUT2D eigenvalue weighted by atomic mass is 10.8. The zero-order chi connectivity index (χ0) is 4.83. The summed E-state index contributed by atoms with van der Waals surface area (Å²) < 4.78 is 9.10. The fourth-order valence-corrected chi connectivity index (χ4v) is 0.247. The van der Waals surface area contributed by atoms with Crippen LogP contribution >= 0.6 is 28.7 Å². The summed E-state index contributed by atoms with van der Waals surface area (Å²) in [4.78, 5) is 0. The van der Waals surface area contributed by atoms with Gasteiger partial charge < -0.3 is 8.57 Å². The Kier molecular flexibility index (Phi) is 15.0. The van der Waals surface area contributed by atoms with Gasteiger partial charge in [-0.15, -0.1) is 12.4 Å². The van der Waals surface area contributed by atoms with E-state index in [1.807, 2.05) is 0 Å². The van der Waals surface area contributed by atoms with Gasteiger partial charge >= 0.3 is 0 Å². The summed E-state index contributed by atoms with van der Waals surface area (Å²) in [5, 5.41) is 0. The SMILES string of the molecule is COCCOBr.Cl. The third-order valence-electron chi connectivity index (χ3n) is 0.365. The number of methoxy groups -OCH3 is 1. The second kappa shape index (κ2) is 9.85. The van der Waals surface area contributed by atoms with Gasteiger partial charge in [-0.3, -0.25) is 0 Å². The molecule has 7 heavy (non-hydrogen) atoms. The van der Waals surface area contributed by atoms with Crippen LogP contribution in [0.3, 0.4) is 0 Å². The van der Waals surface area contributed by atoms with Crippen LogP contribution in [0.4, 0.5) is 0 Å². The summed E-state index contributed by atoms with van der Waals surface area (Å²) in [5.74, 6) is 0. The minimum absolute atomic E-state index is 0. The first kappa shape index (κ1) is 10.6. The van der Waals surface area contributed by atoms with Gasteiger partial charge in [-0.25, -0.2) is 0 Å². The zero-order valence-corrected chi connectivity index (χ0v) is 6.42. The highest BCUT2D eigenvalue weighted by atomic mass is 79.9. The molecule has 0 saturated heterocycles. The molecular formula is C3H8BrClO2. The molecule has 0 spiro atoms. The summed E-state index contributed by atoms with van der Waals surface area (Å²) in [6.45, 7) is 1.25. The van der Waals surface area contributed by atoms with E-state index in [-0.39, 0.29) is 12.4 Å². The standard InChI is InChI=1S/C3H7BrO2.ClH/c1-5-2-3-6-4;/h2-3H2,1H3;1H. The Labute approximate surface area is 58.0 Å². The van der Waals surface area contributed by atoms with Crippen molar-refractivity contribution in [3.8, 4) is 0 Å². The Balaban J connectivity index is 0. The average molecular weight is 191 g/mol. The largest absolute Gasteiger partial charge is 0.382 e. The van der Waals surface area contributed by atoms with Crippen LogP contribution in [0.5, 0.6) is 0 Å². The molecule has 2 nitrogen and oxygen atoms in total. The number of halogens is 2. The highest BCUT2D eigenvalue weighted by molar-refractivity contribution is 9.06. The molecule has 0 aromatic rings. The molecule has 0 radical (unpaired) electrons. The maximum atomic E-state index is 4.63. The van der Waals surface area contributed by atoms with E-state index in [2.05, 4.69) is 24.8 Å². The molecule has 0 N–H and O–H groups in total. The molecule has 0 atom stereocenters. The molecule has 0 aromatic carbocycles. The molecule has 46 valence electrons. The lowest BCUT2D eigenvalue weighted by Gasteiger charge is -1.89. The van der Waals surface area contributed by atoms with E-state index in [9.17, 15) is 0 Å². The molecular weight excluding hydrogens is 183 g/mol. The van der Waals surface area contributed by atoms with Crippen molar-refractivity contribution in [2.24, 2.45) is 0 Å². The van der Waals surface area contributed by atoms with Crippen molar-refractivity contribution < 1.29 is 8.57 Å². The molecule has 0 saturated carbocycles. The molecule has 0 unspecified atom stereocenters. The number of hydrogen-bond donors (Lipinski definition) is 0. The average Bonchev–Trinajstić information content (AvgIpc) is 1.61. The molecule has 0 fully saturated rings. The van der Waals surface area contributed by atoms with Crippen molar-refractivity contribution in [2.75, 3.05) is 20.3 Å². The molecule has 4 heteroatoms. The maximum absolute atomic E-state index is 4.63. The fourth-order valence-electron chi connectivity index (χ4n) is 0.115. The Morgan fingerprint density at radius 3 is 2.14 bits per heavy atom. The van der Waals surface area contributed by atoms with Gasteiger partial charge in [0.25, 0.3) is 0 Å². The summed E-state index contributed by atoms with van der Waals surface area (Å²) in [6, 6.07) is 0. The zero-order valence-electron chi connectivity index (χ0n) is 4.02. The number of ether oxygens (including phenoxy) is 1. The predicted octanol–water partition coefficient (Wildman–Crippen LogP) is 1.38. The smallest absolute Gasteiger partial charge is 0.0988 e. The van der Waals surface area contributed by atoms with Gasteiger partial charge in [0.1, 0.15) is 0 Å². The minimum atomic E-state index is 0. The summed E-state index contributed by atoms with van der Waals surface area (Å²) >= 11 is 2.77. The summed E-state index contributed by atoms with van der Waals surface area (Å²) in [5.41, 5.74) is 0. The minimum Gasteiger partial charge on any atom is -0.382 e. The summed E-state index contributed by atoms with van der Waals surface area (Å²) in [6.07, 6.45) is 0. The van der Waals surface area contributed by atoms with Gasteiger partial charge in [0.05, 0.1) is 29.5 Å². The Hall–Kier alpha value is 0.690. The van der Waals surface area contributed by atoms with Gasteiger partial charge in [-0.05, 0) is 0 Å². The van der Waals surface area contributed by atoms with Crippen LogP contribution in [0.25, 0.3) is 0 Å². The van der Waals surface area contributed by atoms with Crippen LogP contribution in [0.15, 0.2) is 0 Å². The van der Waals surface area contributed by atoms with E-state index < -0.39 is 0 Å². The van der Waals surface area contributed by atoms with Crippen molar-refractivity contribution in [1.82, 2.24) is 0 Å². The van der Waals surface area contributed by atoms with Gasteiger partial charge in [-0.1, -0.05) is 0 Å². The fraction of sp³-hybridized carbons (Fsp3) is 1.00. The van der Waals surface area contributed by atoms with Crippen LogP contribution in [-0.4, -0.2) is 20.3 Å². The Morgan fingerprint density at radius 2 is 2.00 bits per heavy atom. The van der Waals surface area contributed by atoms with E-state index >= 15 is 0 Å². The van der Waals surface area contributed by atoms with E-state index in [0.29, 0.717) is 13.2 Å². The van der Waals surface area contributed by atoms with Gasteiger partial charge in [0, 0.05) is 7.11 Å². The van der Waals surface area contributed by atoms with Gasteiger partial charge in [-0.2, -0.15) is 0 Å². The molecule has 0 bridgehead atoms. The quantitative estimate of drug-likeness (QED) is 0.628. The van der Waals surface area contributed by atoms with Crippen molar-refractivity contribution in [3.63, 3.8) is 0 Å². The van der Waals surface area contributed by atoms with Gasteiger partial charge in [0.2, 0.25) is 0 Å². The van der Waals surface area contributed by atoms with Crippen molar-refractivity contribution in [3.05, 3.63) is 0 Å². The lowest BCUT2D eigenvalue weighted by Crippen LogP contribution is -1.93. The highest BCUT2D eigenvalue weighted by Crippen LogP contribution is 1.80. The van der Waals surface area contributed by atoms with Crippen LogP contribution < -0.4 is 0 Å². The molecule has 0 rings (SSSR count). The monoisotopic (exact) mass is 190 g/mol. The van der Waals surface area contributed by atoms with Crippen molar-refractivity contribution >= 4 is 28.7 Å². The third kappa shape index (κ3) is 10.8. The normalized spacial score (nSPS) is 7.71. The maximum Gasteiger partial charge on any atom is 0.0988 e. The first-order valence-electron chi connectivity index (χ1n) is 1.64. The molecule has 0 aromatic heterocycles. The second-order valence-corrected chi connectivity index (χ2v) is 1.26. The topological polar surface area (TPSA) is 18.5 Å². The van der Waals surface area contributed by atoms with E-state index in [0.717, 1.165) is 0 Å². The van der Waals surface area contributed by atoms with E-state index in [1.165, 1.54) is 0 Å². The lowest BCUT2D eigenvalue weighted by molar-refractivity contribution is 0.161. The first-order valence-corrected chi connectivity index (χ1v) is 2.29. The van der Waals surface area contributed by atoms with Crippen molar-refractivity contribution in [2.45, 2.75) is 0 Å². The number of rotatable bonds is 3. The summed E-state index contributed by atoms with van der Waals surface area (Å²) in [7, 11) is 1.63. The predicted molar refractivity (Wildman–Crippen MR) is 34.0 cm³/mol. The molecule has 0 amide bonds. The van der Waals surface area contributed by atoms with Crippen LogP contribution in [0.1, 0.15) is 0 Å². The highest BCUT2D eigenvalue weighted by Gasteiger charge is 1.75. The van der Waals surface area contributed by atoms with Crippen LogP contribution in [0, 0.1) is 0 Å². The van der Waals surface area contributed by atoms with E-state index in [1.54, 1.807) is 7.11 Å². The molecule has 0 aliphatic heterocycles. The Bertz CT molecular complexity index is 24.9. The molecule has 0 heterocycles. The van der Waals surface area contributed by atoms with Crippen LogP contribution in [0.2, 0.25) is 0 Å². The second-order valence-electron chi connectivity index (χ2n) is 0.806. The third-order valence-corrected chi connectivity index (χ3v) is 0.688.